The fraction of sp³-hybridized carbons (Fsp3) is 0.154. The lowest BCUT2D eigenvalue weighted by atomic mass is 10.1. The van der Waals surface area contributed by atoms with E-state index in [4.69, 9.17) is 5.73 Å². The molecule has 0 saturated heterocycles. The first kappa shape index (κ1) is 14.3. The minimum Gasteiger partial charge on any atom is -0.449 e. The van der Waals surface area contributed by atoms with Crippen molar-refractivity contribution in [3.8, 4) is 11.3 Å². The first-order valence-corrected chi connectivity index (χ1v) is 6.78. The SMILES string of the molecule is NC(=O)OCCSc1nccc(-c2ccc(F)cc2)n1. The van der Waals surface area contributed by atoms with Crippen LogP contribution in [0.25, 0.3) is 11.3 Å². The van der Waals surface area contributed by atoms with Crippen molar-refractivity contribution in [2.75, 3.05) is 12.4 Å². The molecular weight excluding hydrogens is 281 g/mol. The largest absolute Gasteiger partial charge is 0.449 e. The molecule has 2 aromatic rings. The molecule has 5 nitrogen and oxygen atoms in total. The smallest absolute Gasteiger partial charge is 0.404 e. The van der Waals surface area contributed by atoms with Gasteiger partial charge in [-0.2, -0.15) is 0 Å². The van der Waals surface area contributed by atoms with E-state index in [1.807, 2.05) is 0 Å². The summed E-state index contributed by atoms with van der Waals surface area (Å²) < 4.78 is 17.5. The second-order valence-electron chi connectivity index (χ2n) is 3.75. The van der Waals surface area contributed by atoms with E-state index in [1.165, 1.54) is 23.9 Å². The van der Waals surface area contributed by atoms with Gasteiger partial charge in [-0.3, -0.25) is 0 Å². The maximum atomic E-state index is 12.9. The number of rotatable bonds is 5. The minimum atomic E-state index is -0.799. The number of primary amides is 1. The Morgan fingerprint density at radius 1 is 1.30 bits per heavy atom. The molecule has 0 saturated carbocycles. The normalized spacial score (nSPS) is 10.2. The monoisotopic (exact) mass is 293 g/mol. The summed E-state index contributed by atoms with van der Waals surface area (Å²) in [6.45, 7) is 0.199. The fourth-order valence-corrected chi connectivity index (χ4v) is 2.11. The second kappa shape index (κ2) is 6.85. The average molecular weight is 293 g/mol. The summed E-state index contributed by atoms with van der Waals surface area (Å²) in [6.07, 6.45) is 0.828. The standard InChI is InChI=1S/C13H12FN3O2S/c14-10-3-1-9(2-4-10)11-5-6-16-13(17-11)20-8-7-19-12(15)18/h1-6H,7-8H2,(H2,15,18). The highest BCUT2D eigenvalue weighted by Gasteiger charge is 2.04. The highest BCUT2D eigenvalue weighted by atomic mass is 32.2. The van der Waals surface area contributed by atoms with Crippen molar-refractivity contribution in [3.05, 3.63) is 42.3 Å². The van der Waals surface area contributed by atoms with Crippen LogP contribution in [0.3, 0.4) is 0 Å². The van der Waals surface area contributed by atoms with Crippen LogP contribution in [0.1, 0.15) is 0 Å². The van der Waals surface area contributed by atoms with Gasteiger partial charge in [0, 0.05) is 17.5 Å². The summed E-state index contributed by atoms with van der Waals surface area (Å²) >= 11 is 1.35. The maximum absolute atomic E-state index is 12.9. The van der Waals surface area contributed by atoms with Gasteiger partial charge in [0.2, 0.25) is 0 Å². The van der Waals surface area contributed by atoms with Crippen molar-refractivity contribution in [3.63, 3.8) is 0 Å². The predicted octanol–water partition coefficient (Wildman–Crippen LogP) is 2.47. The molecule has 1 aromatic heterocycles. The zero-order valence-electron chi connectivity index (χ0n) is 10.5. The van der Waals surface area contributed by atoms with Crippen molar-refractivity contribution in [2.45, 2.75) is 5.16 Å². The third kappa shape index (κ3) is 4.20. The summed E-state index contributed by atoms with van der Waals surface area (Å²) in [5.41, 5.74) is 6.37. The van der Waals surface area contributed by atoms with Crippen LogP contribution in [-0.4, -0.2) is 28.4 Å². The number of thioether (sulfide) groups is 1. The quantitative estimate of drug-likeness (QED) is 0.520. The lowest BCUT2D eigenvalue weighted by Crippen LogP contribution is -2.14. The number of benzene rings is 1. The second-order valence-corrected chi connectivity index (χ2v) is 4.81. The van der Waals surface area contributed by atoms with E-state index >= 15 is 0 Å². The van der Waals surface area contributed by atoms with E-state index in [-0.39, 0.29) is 12.4 Å². The van der Waals surface area contributed by atoms with Crippen LogP contribution in [0.15, 0.2) is 41.7 Å². The first-order chi connectivity index (χ1) is 9.65. The molecule has 104 valence electrons. The van der Waals surface area contributed by atoms with Gasteiger partial charge in [0.1, 0.15) is 12.4 Å². The number of ether oxygens (including phenoxy) is 1. The van der Waals surface area contributed by atoms with E-state index in [0.29, 0.717) is 16.6 Å². The van der Waals surface area contributed by atoms with E-state index in [2.05, 4.69) is 14.7 Å². The van der Waals surface area contributed by atoms with Gasteiger partial charge in [-0.25, -0.2) is 19.2 Å². The molecule has 0 aliphatic carbocycles. The molecule has 1 heterocycles. The predicted molar refractivity (Wildman–Crippen MR) is 73.7 cm³/mol. The van der Waals surface area contributed by atoms with Crippen molar-refractivity contribution < 1.29 is 13.9 Å². The molecule has 7 heteroatoms. The van der Waals surface area contributed by atoms with E-state index < -0.39 is 6.09 Å². The van der Waals surface area contributed by atoms with Crippen molar-refractivity contribution in [2.24, 2.45) is 5.73 Å². The van der Waals surface area contributed by atoms with Gasteiger partial charge < -0.3 is 10.5 Å². The van der Waals surface area contributed by atoms with Crippen molar-refractivity contribution >= 4 is 17.9 Å². The summed E-state index contributed by atoms with van der Waals surface area (Å²) in [6, 6.07) is 7.82. The lowest BCUT2D eigenvalue weighted by Gasteiger charge is -2.04. The van der Waals surface area contributed by atoms with Crippen LogP contribution < -0.4 is 5.73 Å². The molecule has 20 heavy (non-hydrogen) atoms. The molecule has 0 spiro atoms. The zero-order valence-corrected chi connectivity index (χ0v) is 11.3. The van der Waals surface area contributed by atoms with Crippen LogP contribution in [0.5, 0.6) is 0 Å². The zero-order chi connectivity index (χ0) is 14.4. The molecular formula is C13H12FN3O2S. The maximum Gasteiger partial charge on any atom is 0.404 e. The highest BCUT2D eigenvalue weighted by Crippen LogP contribution is 2.20. The van der Waals surface area contributed by atoms with E-state index in [1.54, 1.807) is 24.4 Å². The molecule has 0 unspecified atom stereocenters. The molecule has 0 radical (unpaired) electrons. The molecule has 2 N–H and O–H groups in total. The van der Waals surface area contributed by atoms with Crippen LogP contribution in [-0.2, 0) is 4.74 Å². The van der Waals surface area contributed by atoms with Gasteiger partial charge >= 0.3 is 6.09 Å². The Morgan fingerprint density at radius 3 is 2.75 bits per heavy atom. The Labute approximate surface area is 119 Å². The number of amides is 1. The van der Waals surface area contributed by atoms with Crippen LogP contribution in [0.2, 0.25) is 0 Å². The van der Waals surface area contributed by atoms with Gasteiger partial charge in [0.15, 0.2) is 5.16 Å². The van der Waals surface area contributed by atoms with Gasteiger partial charge in [0.05, 0.1) is 5.69 Å². The third-order valence-corrected chi connectivity index (χ3v) is 3.16. The Bertz CT molecular complexity index is 592. The summed E-state index contributed by atoms with van der Waals surface area (Å²) in [4.78, 5) is 18.9. The minimum absolute atomic E-state index is 0.199. The van der Waals surface area contributed by atoms with Gasteiger partial charge in [-0.15, -0.1) is 0 Å². The summed E-state index contributed by atoms with van der Waals surface area (Å²) in [7, 11) is 0. The Kier molecular flexibility index (Phi) is 4.89. The summed E-state index contributed by atoms with van der Waals surface area (Å²) in [5, 5.41) is 0.555. The number of nitrogens with two attached hydrogens (primary N) is 1. The number of hydrogen-bond acceptors (Lipinski definition) is 5. The van der Waals surface area contributed by atoms with Gasteiger partial charge in [-0.1, -0.05) is 11.8 Å². The van der Waals surface area contributed by atoms with Crippen LogP contribution in [0.4, 0.5) is 9.18 Å². The number of nitrogens with zero attached hydrogens (tertiary/aromatic N) is 2. The Hall–Kier alpha value is -2.15. The van der Waals surface area contributed by atoms with Crippen LogP contribution in [0, 0.1) is 5.82 Å². The Morgan fingerprint density at radius 2 is 2.05 bits per heavy atom. The van der Waals surface area contributed by atoms with Gasteiger partial charge in [0.25, 0.3) is 0 Å². The van der Waals surface area contributed by atoms with E-state index in [0.717, 1.165) is 5.56 Å². The molecule has 1 amide bonds. The fourth-order valence-electron chi connectivity index (χ4n) is 1.47. The van der Waals surface area contributed by atoms with Crippen molar-refractivity contribution in [1.82, 2.24) is 9.97 Å². The first-order valence-electron chi connectivity index (χ1n) is 5.79. The molecule has 1 aromatic carbocycles. The number of aromatic nitrogens is 2. The number of halogens is 1. The number of hydrogen-bond donors (Lipinski definition) is 1. The number of carbonyl (C=O) groups is 1. The van der Waals surface area contributed by atoms with Crippen LogP contribution >= 0.6 is 11.8 Å². The lowest BCUT2D eigenvalue weighted by molar-refractivity contribution is 0.164. The summed E-state index contributed by atoms with van der Waals surface area (Å²) in [5.74, 6) is 0.219. The van der Waals surface area contributed by atoms with Gasteiger partial charge in [-0.05, 0) is 30.3 Å². The molecule has 0 aliphatic rings. The Balaban J connectivity index is 2.00. The topological polar surface area (TPSA) is 78.1 Å². The van der Waals surface area contributed by atoms with Crippen molar-refractivity contribution in [1.29, 1.82) is 0 Å². The number of carbonyl (C=O) groups excluding carboxylic acids is 1. The van der Waals surface area contributed by atoms with E-state index in [9.17, 15) is 9.18 Å². The highest BCUT2D eigenvalue weighted by molar-refractivity contribution is 7.99. The molecule has 0 aliphatic heterocycles. The molecule has 2 rings (SSSR count). The average Bonchev–Trinajstić information content (AvgIpc) is 2.44. The molecule has 0 atom stereocenters. The third-order valence-electron chi connectivity index (χ3n) is 2.33. The molecule has 0 bridgehead atoms. The molecule has 0 fully saturated rings.